The predicted molar refractivity (Wildman–Crippen MR) is 80.6 cm³/mol. The molecule has 1 atom stereocenters. The van der Waals surface area contributed by atoms with Crippen molar-refractivity contribution in [2.45, 2.75) is 25.2 Å². The highest BCUT2D eigenvalue weighted by Gasteiger charge is 2.44. The van der Waals surface area contributed by atoms with Crippen LogP contribution in [0.1, 0.15) is 30.7 Å². The average Bonchev–Trinajstić information content (AvgIpc) is 2.47. The van der Waals surface area contributed by atoms with E-state index in [4.69, 9.17) is 0 Å². The molecule has 20 heavy (non-hydrogen) atoms. The molecule has 0 N–H and O–H groups in total. The van der Waals surface area contributed by atoms with Crippen LogP contribution in [0.3, 0.4) is 0 Å². The van der Waals surface area contributed by atoms with Crippen LogP contribution in [0.5, 0.6) is 0 Å². The van der Waals surface area contributed by atoms with Crippen LogP contribution in [0.2, 0.25) is 0 Å². The summed E-state index contributed by atoms with van der Waals surface area (Å²) in [6.45, 7) is 3.25. The quantitative estimate of drug-likeness (QED) is 0.783. The molecule has 1 amide bonds. The molecule has 3 rings (SSSR count). The first-order valence-corrected chi connectivity index (χ1v) is 7.58. The van der Waals surface area contributed by atoms with E-state index >= 15 is 0 Å². The number of benzene rings is 1. The van der Waals surface area contributed by atoms with Gasteiger partial charge in [0.1, 0.15) is 0 Å². The Bertz CT molecular complexity index is 477. The maximum Gasteiger partial charge on any atom is 0.229 e. The summed E-state index contributed by atoms with van der Waals surface area (Å²) in [7, 11) is 4.16. The largest absolute Gasteiger partial charge is 0.345 e. The number of carbonyl (C=O) groups excluding carboxylic acids is 1. The van der Waals surface area contributed by atoms with Gasteiger partial charge < -0.3 is 9.80 Å². The third-order valence-electron chi connectivity index (χ3n) is 5.13. The van der Waals surface area contributed by atoms with Crippen LogP contribution >= 0.6 is 0 Å². The second-order valence-electron chi connectivity index (χ2n) is 6.66. The van der Waals surface area contributed by atoms with Gasteiger partial charge >= 0.3 is 0 Å². The first-order chi connectivity index (χ1) is 9.60. The molecular weight excluding hydrogens is 248 g/mol. The third kappa shape index (κ3) is 2.47. The maximum absolute atomic E-state index is 12.5. The highest BCUT2D eigenvalue weighted by atomic mass is 16.2. The smallest absolute Gasteiger partial charge is 0.229 e. The number of likely N-dealkylation sites (tertiary alicyclic amines) is 2. The van der Waals surface area contributed by atoms with Crippen molar-refractivity contribution in [3.63, 3.8) is 0 Å². The molecule has 1 aromatic rings. The summed E-state index contributed by atoms with van der Waals surface area (Å²) in [6.07, 6.45) is 3.45. The number of nitrogens with zero attached hydrogens (tertiary/aromatic N) is 2. The van der Waals surface area contributed by atoms with Crippen LogP contribution < -0.4 is 0 Å². The zero-order chi connectivity index (χ0) is 14.2. The molecule has 1 spiro atoms. The van der Waals surface area contributed by atoms with Crippen LogP contribution in [0.25, 0.3) is 0 Å². The first kappa shape index (κ1) is 13.6. The molecular formula is C17H24N2O. The highest BCUT2D eigenvalue weighted by Crippen LogP contribution is 2.44. The van der Waals surface area contributed by atoms with Crippen molar-refractivity contribution in [1.29, 1.82) is 0 Å². The molecule has 108 valence electrons. The summed E-state index contributed by atoms with van der Waals surface area (Å²) in [5.74, 6) is 0.346. The topological polar surface area (TPSA) is 23.6 Å². The Hall–Kier alpha value is -1.35. The zero-order valence-corrected chi connectivity index (χ0v) is 12.5. The van der Waals surface area contributed by atoms with Gasteiger partial charge in [-0.3, -0.25) is 4.79 Å². The molecule has 0 aliphatic carbocycles. The number of carbonyl (C=O) groups is 1. The van der Waals surface area contributed by atoms with Gasteiger partial charge in [-0.2, -0.15) is 0 Å². The molecule has 0 unspecified atom stereocenters. The number of hydrogen-bond acceptors (Lipinski definition) is 2. The van der Waals surface area contributed by atoms with E-state index < -0.39 is 0 Å². The molecule has 0 aromatic heterocycles. The first-order valence-electron chi connectivity index (χ1n) is 7.58. The van der Waals surface area contributed by atoms with Crippen molar-refractivity contribution in [3.8, 4) is 0 Å². The van der Waals surface area contributed by atoms with Gasteiger partial charge in [0.2, 0.25) is 5.91 Å². The Morgan fingerprint density at radius 3 is 2.40 bits per heavy atom. The fourth-order valence-electron chi connectivity index (χ4n) is 3.83. The summed E-state index contributed by atoms with van der Waals surface area (Å²) < 4.78 is 0. The van der Waals surface area contributed by atoms with Gasteiger partial charge in [-0.15, -0.1) is 0 Å². The van der Waals surface area contributed by atoms with Gasteiger partial charge in [0, 0.05) is 13.6 Å². The summed E-state index contributed by atoms with van der Waals surface area (Å²) in [6, 6.07) is 10.3. The Balaban J connectivity index is 1.85. The lowest BCUT2D eigenvalue weighted by molar-refractivity contribution is -0.139. The van der Waals surface area contributed by atoms with Crippen molar-refractivity contribution in [2.75, 3.05) is 33.7 Å². The molecule has 0 radical (unpaired) electrons. The van der Waals surface area contributed by atoms with Crippen LogP contribution in [0, 0.1) is 5.41 Å². The average molecular weight is 272 g/mol. The van der Waals surface area contributed by atoms with Crippen molar-refractivity contribution in [2.24, 2.45) is 5.41 Å². The van der Waals surface area contributed by atoms with Gasteiger partial charge in [-0.05, 0) is 50.4 Å². The number of piperidine rings is 2. The fraction of sp³-hybridized carbons (Fsp3) is 0.588. The number of amides is 1. The maximum atomic E-state index is 12.5. The monoisotopic (exact) mass is 272 g/mol. The Kier molecular flexibility index (Phi) is 3.55. The molecule has 0 bridgehead atoms. The van der Waals surface area contributed by atoms with Crippen LogP contribution in [0.4, 0.5) is 0 Å². The summed E-state index contributed by atoms with van der Waals surface area (Å²) >= 11 is 0. The second kappa shape index (κ2) is 5.21. The summed E-state index contributed by atoms with van der Waals surface area (Å²) in [5.41, 5.74) is 1.51. The van der Waals surface area contributed by atoms with Crippen LogP contribution in [-0.4, -0.2) is 49.4 Å². The Labute approximate surface area is 121 Å². The molecule has 1 aromatic carbocycles. The van der Waals surface area contributed by atoms with Crippen molar-refractivity contribution < 1.29 is 4.79 Å². The predicted octanol–water partition coefficient (Wildman–Crippen LogP) is 2.34. The fourth-order valence-corrected chi connectivity index (χ4v) is 3.83. The molecule has 2 aliphatic heterocycles. The third-order valence-corrected chi connectivity index (χ3v) is 5.13. The van der Waals surface area contributed by atoms with E-state index in [1.54, 1.807) is 0 Å². The SMILES string of the molecule is CN1CCC2(CC1)C[C@@H](c1ccccc1)C(=O)N(C)C2. The van der Waals surface area contributed by atoms with E-state index in [0.29, 0.717) is 11.3 Å². The van der Waals surface area contributed by atoms with E-state index in [0.717, 1.165) is 26.1 Å². The molecule has 2 saturated heterocycles. The van der Waals surface area contributed by atoms with Gasteiger partial charge in [0.05, 0.1) is 5.92 Å². The van der Waals surface area contributed by atoms with Gasteiger partial charge in [0.15, 0.2) is 0 Å². The second-order valence-corrected chi connectivity index (χ2v) is 6.66. The van der Waals surface area contributed by atoms with Gasteiger partial charge in [-0.25, -0.2) is 0 Å². The van der Waals surface area contributed by atoms with Crippen LogP contribution in [-0.2, 0) is 4.79 Å². The molecule has 2 aliphatic rings. The minimum absolute atomic E-state index is 0.0540. The minimum Gasteiger partial charge on any atom is -0.345 e. The lowest BCUT2D eigenvalue weighted by Gasteiger charge is -2.48. The Morgan fingerprint density at radius 2 is 1.75 bits per heavy atom. The van der Waals surface area contributed by atoms with E-state index in [1.807, 2.05) is 30.1 Å². The van der Waals surface area contributed by atoms with Gasteiger partial charge in [0.25, 0.3) is 0 Å². The van der Waals surface area contributed by atoms with Crippen LogP contribution in [0.15, 0.2) is 30.3 Å². The number of rotatable bonds is 1. The molecule has 3 heteroatoms. The minimum atomic E-state index is 0.0540. The van der Waals surface area contributed by atoms with Crippen molar-refractivity contribution in [1.82, 2.24) is 9.80 Å². The normalized spacial score (nSPS) is 27.0. The van der Waals surface area contributed by atoms with E-state index in [1.165, 1.54) is 18.4 Å². The van der Waals surface area contributed by atoms with Crippen molar-refractivity contribution >= 4 is 5.91 Å². The lowest BCUT2D eigenvalue weighted by Crippen LogP contribution is -2.52. The standard InChI is InChI=1S/C17H24N2O/c1-18-10-8-17(9-11-18)12-15(16(20)19(2)13-17)14-6-4-3-5-7-14/h3-7,15H,8-13H2,1-2H3/t15-/m0/s1. The van der Waals surface area contributed by atoms with E-state index in [-0.39, 0.29) is 5.92 Å². The highest BCUT2D eigenvalue weighted by molar-refractivity contribution is 5.84. The van der Waals surface area contributed by atoms with E-state index in [9.17, 15) is 4.79 Å². The summed E-state index contributed by atoms with van der Waals surface area (Å²) in [4.78, 5) is 16.9. The van der Waals surface area contributed by atoms with Crippen molar-refractivity contribution in [3.05, 3.63) is 35.9 Å². The van der Waals surface area contributed by atoms with E-state index in [2.05, 4.69) is 24.1 Å². The van der Waals surface area contributed by atoms with Gasteiger partial charge in [-0.1, -0.05) is 30.3 Å². The zero-order valence-electron chi connectivity index (χ0n) is 12.5. The summed E-state index contributed by atoms with van der Waals surface area (Å²) in [5, 5.41) is 0. The molecule has 2 heterocycles. The lowest BCUT2D eigenvalue weighted by atomic mass is 9.68. The molecule has 0 saturated carbocycles. The number of hydrogen-bond donors (Lipinski definition) is 0. The molecule has 3 nitrogen and oxygen atoms in total. The molecule has 2 fully saturated rings. The number of likely N-dealkylation sites (N-methyl/N-ethyl adjacent to an activating group) is 1. The Morgan fingerprint density at radius 1 is 1.10 bits per heavy atom.